The van der Waals surface area contributed by atoms with Gasteiger partial charge in [0.2, 0.25) is 5.78 Å². The molecule has 0 aromatic heterocycles. The van der Waals surface area contributed by atoms with Gasteiger partial charge in [0.25, 0.3) is 0 Å². The van der Waals surface area contributed by atoms with Crippen molar-refractivity contribution in [3.8, 4) is 28.7 Å². The van der Waals surface area contributed by atoms with E-state index in [1.807, 2.05) is 0 Å². The molecule has 1 N–H and O–H groups in total. The predicted octanol–water partition coefficient (Wildman–Crippen LogP) is 3.38. The van der Waals surface area contributed by atoms with Crippen LogP contribution in [0.1, 0.15) is 15.9 Å². The van der Waals surface area contributed by atoms with E-state index in [9.17, 15) is 4.79 Å². The van der Waals surface area contributed by atoms with Crippen molar-refractivity contribution in [3.05, 3.63) is 41.1 Å². The first-order chi connectivity index (χ1) is 13.1. The van der Waals surface area contributed by atoms with Crippen LogP contribution in [-0.4, -0.2) is 41.3 Å². The van der Waals surface area contributed by atoms with Gasteiger partial charge in [-0.3, -0.25) is 4.79 Å². The molecule has 27 heavy (non-hydrogen) atoms. The van der Waals surface area contributed by atoms with Gasteiger partial charge in [-0.1, -0.05) is 0 Å². The highest BCUT2D eigenvalue weighted by molar-refractivity contribution is 6.22. The fourth-order valence-corrected chi connectivity index (χ4v) is 2.96. The van der Waals surface area contributed by atoms with E-state index in [0.29, 0.717) is 51.3 Å². The Morgan fingerprint density at radius 1 is 0.741 bits per heavy atom. The molecule has 0 radical (unpaired) electrons. The van der Waals surface area contributed by atoms with E-state index in [0.717, 1.165) is 0 Å². The maximum Gasteiger partial charge on any atom is 0.215 e. The Morgan fingerprint density at radius 2 is 1.26 bits per heavy atom. The summed E-state index contributed by atoms with van der Waals surface area (Å²) in [6, 6.07) is 6.88. The number of anilines is 1. The number of ether oxygens (including phenoxy) is 5. The third-order valence-corrected chi connectivity index (χ3v) is 4.31. The van der Waals surface area contributed by atoms with Crippen molar-refractivity contribution in [2.45, 2.75) is 0 Å². The van der Waals surface area contributed by atoms with Gasteiger partial charge in [-0.15, -0.1) is 0 Å². The van der Waals surface area contributed by atoms with Crippen molar-refractivity contribution in [2.24, 2.45) is 0 Å². The van der Waals surface area contributed by atoms with Crippen LogP contribution in [0.2, 0.25) is 0 Å². The largest absolute Gasteiger partial charge is 0.497 e. The van der Waals surface area contributed by atoms with Gasteiger partial charge >= 0.3 is 0 Å². The fraction of sp³-hybridized carbons (Fsp3) is 0.250. The molecule has 2 aromatic carbocycles. The van der Waals surface area contributed by atoms with Crippen molar-refractivity contribution in [1.29, 1.82) is 0 Å². The van der Waals surface area contributed by atoms with Crippen molar-refractivity contribution in [2.75, 3.05) is 40.9 Å². The molecule has 0 aliphatic carbocycles. The number of ketones is 1. The van der Waals surface area contributed by atoms with Crippen LogP contribution in [0.3, 0.4) is 0 Å². The zero-order valence-corrected chi connectivity index (χ0v) is 15.8. The first-order valence-electron chi connectivity index (χ1n) is 8.15. The van der Waals surface area contributed by atoms with Gasteiger partial charge in [0.15, 0.2) is 0 Å². The number of benzene rings is 2. The average Bonchev–Trinajstić information content (AvgIpc) is 3.02. The normalized spacial score (nSPS) is 13.8. The molecule has 0 spiro atoms. The molecule has 1 aliphatic heterocycles. The SMILES string of the molecule is COc1cc(OC)c(/C=C2\Nc3cc(OC)cc(OC)c3C2=O)c(OC)c1. The van der Waals surface area contributed by atoms with Gasteiger partial charge in [0.1, 0.15) is 28.7 Å². The monoisotopic (exact) mass is 371 g/mol. The summed E-state index contributed by atoms with van der Waals surface area (Å²) in [6.07, 6.45) is 1.69. The van der Waals surface area contributed by atoms with Gasteiger partial charge in [-0.05, 0) is 6.08 Å². The fourth-order valence-electron chi connectivity index (χ4n) is 2.96. The summed E-state index contributed by atoms with van der Waals surface area (Å²) in [7, 11) is 7.72. The van der Waals surface area contributed by atoms with E-state index in [1.165, 1.54) is 7.11 Å². The van der Waals surface area contributed by atoms with Crippen LogP contribution in [0.4, 0.5) is 5.69 Å². The second-order valence-corrected chi connectivity index (χ2v) is 5.71. The Bertz CT molecular complexity index is 894. The molecular weight excluding hydrogens is 350 g/mol. The topological polar surface area (TPSA) is 75.3 Å². The number of carbonyl (C=O) groups is 1. The second-order valence-electron chi connectivity index (χ2n) is 5.71. The number of Topliss-reactive ketones (excluding diaryl/α,β-unsaturated/α-hetero) is 1. The summed E-state index contributed by atoms with van der Waals surface area (Å²) in [5.41, 5.74) is 2.07. The molecule has 0 bridgehead atoms. The molecule has 3 rings (SSSR count). The van der Waals surface area contributed by atoms with Crippen molar-refractivity contribution in [1.82, 2.24) is 0 Å². The first kappa shape index (κ1) is 18.4. The molecule has 1 aliphatic rings. The highest BCUT2D eigenvalue weighted by atomic mass is 16.5. The third-order valence-electron chi connectivity index (χ3n) is 4.31. The Hall–Kier alpha value is -3.35. The lowest BCUT2D eigenvalue weighted by Crippen LogP contribution is -2.02. The van der Waals surface area contributed by atoms with Crippen LogP contribution in [0.25, 0.3) is 6.08 Å². The van der Waals surface area contributed by atoms with Gasteiger partial charge < -0.3 is 29.0 Å². The van der Waals surface area contributed by atoms with E-state index in [1.54, 1.807) is 58.8 Å². The van der Waals surface area contributed by atoms with Crippen molar-refractivity contribution < 1.29 is 28.5 Å². The Kier molecular flexibility index (Phi) is 5.12. The smallest absolute Gasteiger partial charge is 0.215 e. The number of fused-ring (bicyclic) bond motifs is 1. The molecule has 1 heterocycles. The van der Waals surface area contributed by atoms with Crippen LogP contribution in [0.5, 0.6) is 28.7 Å². The number of hydrogen-bond acceptors (Lipinski definition) is 7. The van der Waals surface area contributed by atoms with E-state index in [-0.39, 0.29) is 5.78 Å². The number of allylic oxidation sites excluding steroid dienone is 1. The van der Waals surface area contributed by atoms with E-state index < -0.39 is 0 Å². The van der Waals surface area contributed by atoms with Gasteiger partial charge in [-0.25, -0.2) is 0 Å². The highest BCUT2D eigenvalue weighted by Gasteiger charge is 2.30. The standard InChI is InChI=1S/C20H21NO6/c1-23-11-6-14-19(18(9-11)27-5)20(22)15(21-14)10-13-16(25-3)7-12(24-2)8-17(13)26-4/h6-10,21H,1-5H3/b15-10-. The molecule has 7 heteroatoms. The zero-order valence-electron chi connectivity index (χ0n) is 15.8. The summed E-state index contributed by atoms with van der Waals surface area (Å²) in [4.78, 5) is 12.9. The molecule has 0 saturated heterocycles. The summed E-state index contributed by atoms with van der Waals surface area (Å²) in [5.74, 6) is 2.48. The number of nitrogens with one attached hydrogen (secondary N) is 1. The zero-order chi connectivity index (χ0) is 19.6. The highest BCUT2D eigenvalue weighted by Crippen LogP contribution is 2.41. The van der Waals surface area contributed by atoms with Gasteiger partial charge in [0.05, 0.1) is 58.1 Å². The Balaban J connectivity index is 2.11. The van der Waals surface area contributed by atoms with Gasteiger partial charge in [-0.2, -0.15) is 0 Å². The molecule has 7 nitrogen and oxygen atoms in total. The lowest BCUT2D eigenvalue weighted by Gasteiger charge is -2.13. The minimum Gasteiger partial charge on any atom is -0.497 e. The molecule has 0 saturated carbocycles. The van der Waals surface area contributed by atoms with E-state index >= 15 is 0 Å². The summed E-state index contributed by atoms with van der Waals surface area (Å²) in [5, 5.41) is 3.12. The quantitative estimate of drug-likeness (QED) is 0.780. The minimum absolute atomic E-state index is 0.190. The third kappa shape index (κ3) is 3.23. The van der Waals surface area contributed by atoms with Crippen LogP contribution in [0.15, 0.2) is 30.0 Å². The van der Waals surface area contributed by atoms with Gasteiger partial charge in [0, 0.05) is 24.3 Å². The van der Waals surface area contributed by atoms with E-state index in [2.05, 4.69) is 5.32 Å². The summed E-state index contributed by atoms with van der Waals surface area (Å²) < 4.78 is 26.8. The number of rotatable bonds is 6. The van der Waals surface area contributed by atoms with E-state index in [4.69, 9.17) is 23.7 Å². The Morgan fingerprint density at radius 3 is 1.78 bits per heavy atom. The predicted molar refractivity (Wildman–Crippen MR) is 102 cm³/mol. The first-order valence-corrected chi connectivity index (χ1v) is 8.15. The lowest BCUT2D eigenvalue weighted by atomic mass is 10.1. The van der Waals surface area contributed by atoms with Crippen LogP contribution in [-0.2, 0) is 0 Å². The second kappa shape index (κ2) is 7.49. The molecule has 0 amide bonds. The molecular formula is C20H21NO6. The van der Waals surface area contributed by atoms with Crippen LogP contribution in [0, 0.1) is 0 Å². The van der Waals surface area contributed by atoms with Crippen LogP contribution < -0.4 is 29.0 Å². The lowest BCUT2D eigenvalue weighted by molar-refractivity contribution is 0.104. The molecule has 2 aromatic rings. The van der Waals surface area contributed by atoms with Crippen LogP contribution >= 0.6 is 0 Å². The van der Waals surface area contributed by atoms with Crippen molar-refractivity contribution >= 4 is 17.5 Å². The number of methoxy groups -OCH3 is 5. The minimum atomic E-state index is -0.190. The van der Waals surface area contributed by atoms with Crippen molar-refractivity contribution in [3.63, 3.8) is 0 Å². The maximum atomic E-state index is 12.9. The molecule has 142 valence electrons. The number of carbonyl (C=O) groups excluding carboxylic acids is 1. The summed E-state index contributed by atoms with van der Waals surface area (Å²) in [6.45, 7) is 0. The molecule has 0 fully saturated rings. The Labute approximate surface area is 157 Å². The maximum absolute atomic E-state index is 12.9. The summed E-state index contributed by atoms with van der Waals surface area (Å²) >= 11 is 0. The average molecular weight is 371 g/mol. The molecule has 0 atom stereocenters. The number of hydrogen-bond donors (Lipinski definition) is 1. The molecule has 0 unspecified atom stereocenters.